The second-order valence-electron chi connectivity index (χ2n) is 5.46. The molecular weight excluding hydrogens is 212 g/mol. The van der Waals surface area contributed by atoms with Gasteiger partial charge in [-0.05, 0) is 39.1 Å². The average molecular weight is 238 g/mol. The molecule has 1 heterocycles. The minimum Gasteiger partial charge on any atom is -0.469 e. The average Bonchev–Trinajstić information content (AvgIpc) is 2.68. The number of rotatable bonds is 7. The van der Waals surface area contributed by atoms with Crippen molar-refractivity contribution in [3.05, 3.63) is 24.2 Å². The number of furan rings is 1. The highest BCUT2D eigenvalue weighted by Gasteiger charge is 2.17. The standard InChI is InChI=1S/C14H26N2O/c1-11(2)14(10-16(4)5)15-12(3)9-13-7-6-8-17-13/h6-8,11-12,14-15H,9-10H2,1-5H3. The van der Waals surface area contributed by atoms with Crippen LogP contribution in [0.3, 0.4) is 0 Å². The van der Waals surface area contributed by atoms with E-state index in [1.165, 1.54) is 0 Å². The van der Waals surface area contributed by atoms with Gasteiger partial charge in [-0.1, -0.05) is 13.8 Å². The SMILES string of the molecule is CC(Cc1ccco1)NC(CN(C)C)C(C)C. The molecule has 0 amide bonds. The van der Waals surface area contributed by atoms with Crippen LogP contribution in [0.1, 0.15) is 26.5 Å². The van der Waals surface area contributed by atoms with Gasteiger partial charge in [0, 0.05) is 25.0 Å². The van der Waals surface area contributed by atoms with Crippen molar-refractivity contribution in [3.63, 3.8) is 0 Å². The van der Waals surface area contributed by atoms with E-state index in [2.05, 4.69) is 45.1 Å². The quantitative estimate of drug-likeness (QED) is 0.790. The van der Waals surface area contributed by atoms with Crippen molar-refractivity contribution in [3.8, 4) is 0 Å². The molecule has 0 aliphatic heterocycles. The molecule has 1 aromatic heterocycles. The van der Waals surface area contributed by atoms with Gasteiger partial charge in [0.05, 0.1) is 6.26 Å². The maximum atomic E-state index is 5.38. The molecule has 3 nitrogen and oxygen atoms in total. The Hall–Kier alpha value is -0.800. The van der Waals surface area contributed by atoms with Crippen molar-refractivity contribution in [2.45, 2.75) is 39.3 Å². The van der Waals surface area contributed by atoms with Crippen LogP contribution in [0.25, 0.3) is 0 Å². The molecule has 0 aliphatic carbocycles. The van der Waals surface area contributed by atoms with Crippen molar-refractivity contribution >= 4 is 0 Å². The summed E-state index contributed by atoms with van der Waals surface area (Å²) < 4.78 is 5.38. The minimum atomic E-state index is 0.438. The molecule has 2 unspecified atom stereocenters. The monoisotopic (exact) mass is 238 g/mol. The normalized spacial score (nSPS) is 15.5. The molecule has 0 saturated heterocycles. The molecule has 1 rings (SSSR count). The topological polar surface area (TPSA) is 28.4 Å². The van der Waals surface area contributed by atoms with Crippen LogP contribution in [0, 0.1) is 5.92 Å². The van der Waals surface area contributed by atoms with E-state index < -0.39 is 0 Å². The largest absolute Gasteiger partial charge is 0.469 e. The number of nitrogens with zero attached hydrogens (tertiary/aromatic N) is 1. The summed E-state index contributed by atoms with van der Waals surface area (Å²) in [6, 6.07) is 4.94. The molecule has 1 aromatic rings. The lowest BCUT2D eigenvalue weighted by Crippen LogP contribution is -2.46. The summed E-state index contributed by atoms with van der Waals surface area (Å²) in [6.45, 7) is 7.81. The highest BCUT2D eigenvalue weighted by Crippen LogP contribution is 2.08. The third kappa shape index (κ3) is 5.37. The van der Waals surface area contributed by atoms with E-state index in [4.69, 9.17) is 4.42 Å². The molecular formula is C14H26N2O. The maximum absolute atomic E-state index is 5.38. The summed E-state index contributed by atoms with van der Waals surface area (Å²) in [6.07, 6.45) is 2.69. The van der Waals surface area contributed by atoms with Crippen molar-refractivity contribution < 1.29 is 4.42 Å². The van der Waals surface area contributed by atoms with Gasteiger partial charge in [0.1, 0.15) is 5.76 Å². The molecule has 3 heteroatoms. The minimum absolute atomic E-state index is 0.438. The second kappa shape index (κ2) is 6.82. The van der Waals surface area contributed by atoms with E-state index in [0.717, 1.165) is 18.7 Å². The summed E-state index contributed by atoms with van der Waals surface area (Å²) in [4.78, 5) is 2.23. The van der Waals surface area contributed by atoms with E-state index in [1.807, 2.05) is 12.1 Å². The molecule has 0 aliphatic rings. The van der Waals surface area contributed by atoms with Crippen molar-refractivity contribution in [1.82, 2.24) is 10.2 Å². The molecule has 98 valence electrons. The molecule has 2 atom stereocenters. The molecule has 0 radical (unpaired) electrons. The van der Waals surface area contributed by atoms with Gasteiger partial charge in [0.2, 0.25) is 0 Å². The Morgan fingerprint density at radius 3 is 2.47 bits per heavy atom. The van der Waals surface area contributed by atoms with Crippen LogP contribution in [0.2, 0.25) is 0 Å². The Morgan fingerprint density at radius 2 is 2.00 bits per heavy atom. The predicted octanol–water partition coefficient (Wildman–Crippen LogP) is 2.39. The van der Waals surface area contributed by atoms with Gasteiger partial charge < -0.3 is 14.6 Å². The van der Waals surface area contributed by atoms with Crippen molar-refractivity contribution in [1.29, 1.82) is 0 Å². The first-order valence-corrected chi connectivity index (χ1v) is 6.42. The van der Waals surface area contributed by atoms with Crippen LogP contribution in [-0.4, -0.2) is 37.6 Å². The van der Waals surface area contributed by atoms with Crippen LogP contribution in [-0.2, 0) is 6.42 Å². The molecule has 0 aromatic carbocycles. The van der Waals surface area contributed by atoms with Gasteiger partial charge in [-0.2, -0.15) is 0 Å². The Labute approximate surface area is 105 Å². The van der Waals surface area contributed by atoms with E-state index >= 15 is 0 Å². The fourth-order valence-corrected chi connectivity index (χ4v) is 2.00. The second-order valence-corrected chi connectivity index (χ2v) is 5.46. The molecule has 0 spiro atoms. The fraction of sp³-hybridized carbons (Fsp3) is 0.714. The van der Waals surface area contributed by atoms with Crippen LogP contribution < -0.4 is 5.32 Å². The summed E-state index contributed by atoms with van der Waals surface area (Å²) in [7, 11) is 4.24. The molecule has 0 fully saturated rings. The van der Waals surface area contributed by atoms with Crippen molar-refractivity contribution in [2.24, 2.45) is 5.92 Å². The zero-order valence-electron chi connectivity index (χ0n) is 11.7. The van der Waals surface area contributed by atoms with Gasteiger partial charge in [-0.15, -0.1) is 0 Å². The molecule has 17 heavy (non-hydrogen) atoms. The first-order valence-electron chi connectivity index (χ1n) is 6.42. The lowest BCUT2D eigenvalue weighted by molar-refractivity contribution is 0.269. The van der Waals surface area contributed by atoms with E-state index in [9.17, 15) is 0 Å². The van der Waals surface area contributed by atoms with Gasteiger partial charge >= 0.3 is 0 Å². The zero-order valence-corrected chi connectivity index (χ0v) is 11.7. The van der Waals surface area contributed by atoms with Gasteiger partial charge in [-0.3, -0.25) is 0 Å². The van der Waals surface area contributed by atoms with Crippen LogP contribution in [0.5, 0.6) is 0 Å². The van der Waals surface area contributed by atoms with Gasteiger partial charge in [-0.25, -0.2) is 0 Å². The lowest BCUT2D eigenvalue weighted by atomic mass is 10.0. The van der Waals surface area contributed by atoms with Crippen LogP contribution >= 0.6 is 0 Å². The van der Waals surface area contributed by atoms with Crippen LogP contribution in [0.4, 0.5) is 0 Å². The Kier molecular flexibility index (Phi) is 5.72. The Balaban J connectivity index is 2.43. The molecule has 0 saturated carbocycles. The Morgan fingerprint density at radius 1 is 1.29 bits per heavy atom. The highest BCUT2D eigenvalue weighted by molar-refractivity contribution is 5.00. The number of nitrogens with one attached hydrogen (secondary N) is 1. The summed E-state index contributed by atoms with van der Waals surface area (Å²) in [5, 5.41) is 3.68. The maximum Gasteiger partial charge on any atom is 0.105 e. The van der Waals surface area contributed by atoms with E-state index in [-0.39, 0.29) is 0 Å². The Bertz CT molecular complexity index is 293. The molecule has 0 bridgehead atoms. The summed E-state index contributed by atoms with van der Waals surface area (Å²) >= 11 is 0. The van der Waals surface area contributed by atoms with Crippen LogP contribution in [0.15, 0.2) is 22.8 Å². The fourth-order valence-electron chi connectivity index (χ4n) is 2.00. The van der Waals surface area contributed by atoms with Gasteiger partial charge in [0.25, 0.3) is 0 Å². The lowest BCUT2D eigenvalue weighted by Gasteiger charge is -2.28. The zero-order chi connectivity index (χ0) is 12.8. The first-order chi connectivity index (χ1) is 7.99. The third-order valence-electron chi connectivity index (χ3n) is 2.95. The third-order valence-corrected chi connectivity index (χ3v) is 2.95. The van der Waals surface area contributed by atoms with Gasteiger partial charge in [0.15, 0.2) is 0 Å². The predicted molar refractivity (Wildman–Crippen MR) is 72.2 cm³/mol. The highest BCUT2D eigenvalue weighted by atomic mass is 16.3. The first kappa shape index (κ1) is 14.3. The summed E-state index contributed by atoms with van der Waals surface area (Å²) in [5.41, 5.74) is 0. The van der Waals surface area contributed by atoms with E-state index in [1.54, 1.807) is 6.26 Å². The summed E-state index contributed by atoms with van der Waals surface area (Å²) in [5.74, 6) is 1.69. The van der Waals surface area contributed by atoms with Crippen molar-refractivity contribution in [2.75, 3.05) is 20.6 Å². The number of hydrogen-bond donors (Lipinski definition) is 1. The number of hydrogen-bond acceptors (Lipinski definition) is 3. The van der Waals surface area contributed by atoms with E-state index in [0.29, 0.717) is 18.0 Å². The molecule has 1 N–H and O–H groups in total. The number of likely N-dealkylation sites (N-methyl/N-ethyl adjacent to an activating group) is 1. The smallest absolute Gasteiger partial charge is 0.105 e.